The van der Waals surface area contributed by atoms with Crippen molar-refractivity contribution in [2.24, 2.45) is 0 Å². The van der Waals surface area contributed by atoms with Gasteiger partial charge in [-0.2, -0.15) is 0 Å². The lowest BCUT2D eigenvalue weighted by Gasteiger charge is -2.38. The highest BCUT2D eigenvalue weighted by Crippen LogP contribution is 2.39. The molecule has 0 spiro atoms. The van der Waals surface area contributed by atoms with Crippen molar-refractivity contribution in [2.45, 2.75) is 5.79 Å². The SMILES string of the molecule is COC1(OC)C(=O)c2ccccc2N(c2ccccc2)C1=O. The van der Waals surface area contributed by atoms with Gasteiger partial charge in [0.25, 0.3) is 0 Å². The summed E-state index contributed by atoms with van der Waals surface area (Å²) in [5.41, 5.74) is 1.55. The van der Waals surface area contributed by atoms with Gasteiger partial charge in [0.2, 0.25) is 5.78 Å². The molecule has 0 fully saturated rings. The smallest absolute Gasteiger partial charge is 0.316 e. The lowest BCUT2D eigenvalue weighted by atomic mass is 9.93. The van der Waals surface area contributed by atoms with Gasteiger partial charge < -0.3 is 9.47 Å². The summed E-state index contributed by atoms with van der Waals surface area (Å²) in [6.07, 6.45) is 0. The van der Waals surface area contributed by atoms with Gasteiger partial charge in [0, 0.05) is 25.5 Å². The summed E-state index contributed by atoms with van der Waals surface area (Å²) in [5, 5.41) is 0. The molecule has 0 aromatic heterocycles. The summed E-state index contributed by atoms with van der Waals surface area (Å²) in [4.78, 5) is 27.1. The zero-order valence-corrected chi connectivity index (χ0v) is 12.3. The third kappa shape index (κ3) is 1.87. The first-order chi connectivity index (χ1) is 10.7. The van der Waals surface area contributed by atoms with Crippen LogP contribution in [0, 0.1) is 0 Å². The number of ketones is 1. The normalized spacial score (nSPS) is 16.5. The molecule has 0 N–H and O–H groups in total. The van der Waals surface area contributed by atoms with Crippen molar-refractivity contribution >= 4 is 23.1 Å². The molecule has 0 atom stereocenters. The van der Waals surface area contributed by atoms with E-state index in [-0.39, 0.29) is 0 Å². The molecule has 112 valence electrons. The van der Waals surface area contributed by atoms with Crippen molar-refractivity contribution in [3.63, 3.8) is 0 Å². The van der Waals surface area contributed by atoms with Crippen LogP contribution in [0.15, 0.2) is 54.6 Å². The van der Waals surface area contributed by atoms with Gasteiger partial charge in [0.1, 0.15) is 0 Å². The molecule has 1 amide bonds. The molecule has 2 aromatic carbocycles. The molecule has 0 bridgehead atoms. The van der Waals surface area contributed by atoms with Crippen LogP contribution in [-0.2, 0) is 14.3 Å². The minimum Gasteiger partial charge on any atom is -0.339 e. The van der Waals surface area contributed by atoms with Crippen molar-refractivity contribution in [1.82, 2.24) is 0 Å². The summed E-state index contributed by atoms with van der Waals surface area (Å²) >= 11 is 0. The van der Waals surface area contributed by atoms with E-state index >= 15 is 0 Å². The van der Waals surface area contributed by atoms with Crippen LogP contribution in [0.3, 0.4) is 0 Å². The summed E-state index contributed by atoms with van der Waals surface area (Å²) in [5.74, 6) is -3.01. The average molecular weight is 297 g/mol. The van der Waals surface area contributed by atoms with Gasteiger partial charge >= 0.3 is 11.7 Å². The fourth-order valence-corrected chi connectivity index (χ4v) is 2.67. The highest BCUT2D eigenvalue weighted by Gasteiger charge is 2.55. The molecule has 22 heavy (non-hydrogen) atoms. The Balaban J connectivity index is 2.27. The van der Waals surface area contributed by atoms with Gasteiger partial charge in [-0.1, -0.05) is 30.3 Å². The van der Waals surface area contributed by atoms with Crippen LogP contribution in [0.1, 0.15) is 10.4 Å². The van der Waals surface area contributed by atoms with Crippen molar-refractivity contribution in [3.05, 3.63) is 60.2 Å². The molecule has 5 heteroatoms. The number of para-hydroxylation sites is 2. The first-order valence-corrected chi connectivity index (χ1v) is 6.79. The van der Waals surface area contributed by atoms with Crippen LogP contribution in [0.4, 0.5) is 11.4 Å². The second kappa shape index (κ2) is 5.36. The Bertz CT molecular complexity index is 722. The Labute approximate surface area is 128 Å². The Hall–Kier alpha value is -2.50. The lowest BCUT2D eigenvalue weighted by molar-refractivity contribution is -0.184. The van der Waals surface area contributed by atoms with E-state index in [0.29, 0.717) is 16.9 Å². The first kappa shape index (κ1) is 14.4. The predicted molar refractivity (Wildman–Crippen MR) is 81.1 cm³/mol. The molecule has 0 aliphatic carbocycles. The molecule has 3 rings (SSSR count). The first-order valence-electron chi connectivity index (χ1n) is 6.79. The van der Waals surface area contributed by atoms with Crippen LogP contribution in [-0.4, -0.2) is 31.7 Å². The number of nitrogens with zero attached hydrogens (tertiary/aromatic N) is 1. The van der Waals surface area contributed by atoms with Crippen LogP contribution in [0.2, 0.25) is 0 Å². The van der Waals surface area contributed by atoms with Gasteiger partial charge in [-0.3, -0.25) is 14.5 Å². The average Bonchev–Trinajstić information content (AvgIpc) is 2.57. The lowest BCUT2D eigenvalue weighted by Crippen LogP contribution is -2.59. The van der Waals surface area contributed by atoms with Gasteiger partial charge in [-0.05, 0) is 24.3 Å². The van der Waals surface area contributed by atoms with Gasteiger partial charge in [-0.15, -0.1) is 0 Å². The maximum absolute atomic E-state index is 12.9. The molecule has 1 aliphatic rings. The molecule has 0 radical (unpaired) electrons. The van der Waals surface area contributed by atoms with E-state index in [2.05, 4.69) is 0 Å². The maximum atomic E-state index is 12.9. The topological polar surface area (TPSA) is 55.8 Å². The van der Waals surface area contributed by atoms with E-state index in [1.54, 1.807) is 36.4 Å². The van der Waals surface area contributed by atoms with Crippen LogP contribution in [0.25, 0.3) is 0 Å². The number of anilines is 2. The quantitative estimate of drug-likeness (QED) is 0.645. The number of hydrogen-bond acceptors (Lipinski definition) is 4. The van der Waals surface area contributed by atoms with Crippen LogP contribution < -0.4 is 4.90 Å². The second-order valence-electron chi connectivity index (χ2n) is 4.85. The molecule has 2 aromatic rings. The maximum Gasteiger partial charge on any atom is 0.316 e. The third-order valence-corrected chi connectivity index (χ3v) is 3.76. The molecule has 1 heterocycles. The molecule has 0 saturated heterocycles. The Morgan fingerprint density at radius 2 is 1.45 bits per heavy atom. The number of rotatable bonds is 3. The number of hydrogen-bond donors (Lipinski definition) is 0. The van der Waals surface area contributed by atoms with Crippen LogP contribution in [0.5, 0.6) is 0 Å². The highest BCUT2D eigenvalue weighted by atomic mass is 16.7. The fourth-order valence-electron chi connectivity index (χ4n) is 2.67. The molecule has 1 aliphatic heterocycles. The summed E-state index contributed by atoms with van der Waals surface area (Å²) in [6, 6.07) is 16.0. The molecular weight excluding hydrogens is 282 g/mol. The third-order valence-electron chi connectivity index (χ3n) is 3.76. The van der Waals surface area contributed by atoms with E-state index < -0.39 is 17.5 Å². The molecule has 0 saturated carbocycles. The van der Waals surface area contributed by atoms with Crippen LogP contribution >= 0.6 is 0 Å². The minimum atomic E-state index is -1.95. The van der Waals surface area contributed by atoms with Gasteiger partial charge in [-0.25, -0.2) is 0 Å². The number of fused-ring (bicyclic) bond motifs is 1. The van der Waals surface area contributed by atoms with Gasteiger partial charge in [0.05, 0.1) is 5.69 Å². The standard InChI is InChI=1S/C17H15NO4/c1-21-17(22-2)15(19)13-10-6-7-11-14(13)18(16(17)20)12-8-4-3-5-9-12/h3-11H,1-2H3. The number of Topliss-reactive ketones (excluding diaryl/α,β-unsaturated/α-hetero) is 1. The Morgan fingerprint density at radius 1 is 0.864 bits per heavy atom. The zero-order chi connectivity index (χ0) is 15.7. The predicted octanol–water partition coefficient (Wildman–Crippen LogP) is 2.54. The summed E-state index contributed by atoms with van der Waals surface area (Å²) in [6.45, 7) is 0. The van der Waals surface area contributed by atoms with E-state index in [4.69, 9.17) is 9.47 Å². The number of ether oxygens (including phenoxy) is 2. The molecule has 5 nitrogen and oxygen atoms in total. The number of benzene rings is 2. The van der Waals surface area contributed by atoms with E-state index in [9.17, 15) is 9.59 Å². The van der Waals surface area contributed by atoms with E-state index in [1.807, 2.05) is 18.2 Å². The Morgan fingerprint density at radius 3 is 2.09 bits per heavy atom. The fraction of sp³-hybridized carbons (Fsp3) is 0.176. The number of methoxy groups -OCH3 is 2. The van der Waals surface area contributed by atoms with E-state index in [0.717, 1.165) is 0 Å². The number of carbonyl (C=O) groups excluding carboxylic acids is 2. The van der Waals surface area contributed by atoms with E-state index in [1.165, 1.54) is 19.1 Å². The molecular formula is C17H15NO4. The summed E-state index contributed by atoms with van der Waals surface area (Å²) in [7, 11) is 2.58. The largest absolute Gasteiger partial charge is 0.339 e. The molecule has 0 unspecified atom stereocenters. The monoisotopic (exact) mass is 297 g/mol. The van der Waals surface area contributed by atoms with Crippen molar-refractivity contribution in [1.29, 1.82) is 0 Å². The second-order valence-corrected chi connectivity index (χ2v) is 4.85. The minimum absolute atomic E-state index is 0.384. The van der Waals surface area contributed by atoms with Crippen molar-refractivity contribution in [2.75, 3.05) is 19.1 Å². The van der Waals surface area contributed by atoms with Crippen molar-refractivity contribution in [3.8, 4) is 0 Å². The zero-order valence-electron chi connectivity index (χ0n) is 12.3. The van der Waals surface area contributed by atoms with Gasteiger partial charge in [0.15, 0.2) is 0 Å². The number of amides is 1. The van der Waals surface area contributed by atoms with Crippen molar-refractivity contribution < 1.29 is 19.1 Å². The number of carbonyl (C=O) groups is 2. The highest BCUT2D eigenvalue weighted by molar-refractivity contribution is 6.28. The summed E-state index contributed by atoms with van der Waals surface area (Å²) < 4.78 is 10.4. The Kier molecular flexibility index (Phi) is 3.52.